The van der Waals surface area contributed by atoms with Crippen LogP contribution < -0.4 is 15.4 Å². The lowest BCUT2D eigenvalue weighted by atomic mass is 10.2. The highest BCUT2D eigenvalue weighted by molar-refractivity contribution is 5.80. The number of benzene rings is 1. The molecule has 0 aliphatic carbocycles. The Kier molecular flexibility index (Phi) is 7.50. The van der Waals surface area contributed by atoms with Crippen molar-refractivity contribution in [1.29, 1.82) is 0 Å². The Hall–Kier alpha value is -1.75. The number of nitrogens with zero attached hydrogens (tertiary/aromatic N) is 1. The lowest BCUT2D eigenvalue weighted by Crippen LogP contribution is -2.43. The summed E-state index contributed by atoms with van der Waals surface area (Å²) < 4.78 is 10.3. The first kappa shape index (κ1) is 16.3. The highest BCUT2D eigenvalue weighted by Crippen LogP contribution is 2.11. The monoisotopic (exact) mass is 279 g/mol. The van der Waals surface area contributed by atoms with Gasteiger partial charge in [-0.05, 0) is 31.5 Å². The average molecular weight is 279 g/mol. The van der Waals surface area contributed by atoms with Crippen molar-refractivity contribution in [2.45, 2.75) is 26.4 Å². The van der Waals surface area contributed by atoms with Crippen LogP contribution in [0.3, 0.4) is 0 Å². The van der Waals surface area contributed by atoms with Gasteiger partial charge in [-0.15, -0.1) is 0 Å². The van der Waals surface area contributed by atoms with Crippen LogP contribution in [0.15, 0.2) is 29.3 Å². The summed E-state index contributed by atoms with van der Waals surface area (Å²) in [4.78, 5) is 4.56. The number of aliphatic imine (C=N–C) groups is 1. The molecule has 5 nitrogen and oxygen atoms in total. The van der Waals surface area contributed by atoms with Crippen LogP contribution in [-0.4, -0.2) is 39.4 Å². The van der Waals surface area contributed by atoms with Crippen molar-refractivity contribution in [3.63, 3.8) is 0 Å². The van der Waals surface area contributed by atoms with Gasteiger partial charge in [0.2, 0.25) is 0 Å². The van der Waals surface area contributed by atoms with Gasteiger partial charge in [0.15, 0.2) is 5.96 Å². The van der Waals surface area contributed by atoms with Gasteiger partial charge in [-0.25, -0.2) is 4.99 Å². The minimum Gasteiger partial charge on any atom is -0.497 e. The van der Waals surface area contributed by atoms with Crippen molar-refractivity contribution >= 4 is 5.96 Å². The van der Waals surface area contributed by atoms with E-state index in [-0.39, 0.29) is 6.04 Å². The Morgan fingerprint density at radius 1 is 1.25 bits per heavy atom. The summed E-state index contributed by atoms with van der Waals surface area (Å²) in [7, 11) is 3.36. The van der Waals surface area contributed by atoms with Crippen LogP contribution in [0.4, 0.5) is 0 Å². The van der Waals surface area contributed by atoms with Gasteiger partial charge in [-0.3, -0.25) is 0 Å². The molecule has 1 unspecified atom stereocenters. The van der Waals surface area contributed by atoms with Crippen LogP contribution >= 0.6 is 0 Å². The minimum atomic E-state index is 0.216. The zero-order chi connectivity index (χ0) is 14.8. The van der Waals surface area contributed by atoms with E-state index in [1.54, 1.807) is 14.2 Å². The van der Waals surface area contributed by atoms with Crippen LogP contribution in [0.5, 0.6) is 5.75 Å². The fraction of sp³-hybridized carbons (Fsp3) is 0.533. The third kappa shape index (κ3) is 5.93. The molecule has 0 aromatic heterocycles. The number of rotatable bonds is 7. The van der Waals surface area contributed by atoms with E-state index in [1.165, 1.54) is 0 Å². The third-order valence-corrected chi connectivity index (χ3v) is 2.72. The second-order valence-electron chi connectivity index (χ2n) is 4.54. The maximum Gasteiger partial charge on any atom is 0.191 e. The Morgan fingerprint density at radius 2 is 1.95 bits per heavy atom. The smallest absolute Gasteiger partial charge is 0.191 e. The SMILES string of the molecule is CCNC(=NCc1ccc(OC)cc1)NC(C)COC. The Balaban J connectivity index is 2.60. The Morgan fingerprint density at radius 3 is 2.50 bits per heavy atom. The van der Waals surface area contributed by atoms with E-state index in [0.717, 1.165) is 23.8 Å². The molecular weight excluding hydrogens is 254 g/mol. The van der Waals surface area contributed by atoms with Gasteiger partial charge in [0.1, 0.15) is 5.75 Å². The molecule has 0 heterocycles. The van der Waals surface area contributed by atoms with Crippen molar-refractivity contribution in [1.82, 2.24) is 10.6 Å². The first-order chi connectivity index (χ1) is 9.69. The largest absolute Gasteiger partial charge is 0.497 e. The first-order valence-corrected chi connectivity index (χ1v) is 6.86. The van der Waals surface area contributed by atoms with E-state index >= 15 is 0 Å². The second-order valence-corrected chi connectivity index (χ2v) is 4.54. The number of methoxy groups -OCH3 is 2. The molecule has 20 heavy (non-hydrogen) atoms. The lowest BCUT2D eigenvalue weighted by molar-refractivity contribution is 0.179. The van der Waals surface area contributed by atoms with Gasteiger partial charge in [-0.1, -0.05) is 12.1 Å². The molecule has 0 fully saturated rings. The number of ether oxygens (including phenoxy) is 2. The summed E-state index contributed by atoms with van der Waals surface area (Å²) in [6.45, 7) is 6.20. The molecule has 1 aromatic rings. The van der Waals surface area contributed by atoms with Crippen LogP contribution in [-0.2, 0) is 11.3 Å². The summed E-state index contributed by atoms with van der Waals surface area (Å²) in [5.74, 6) is 1.66. The lowest BCUT2D eigenvalue weighted by Gasteiger charge is -2.17. The molecule has 0 spiro atoms. The summed E-state index contributed by atoms with van der Waals surface area (Å²) >= 11 is 0. The van der Waals surface area contributed by atoms with Crippen LogP contribution in [0.1, 0.15) is 19.4 Å². The maximum atomic E-state index is 5.14. The summed E-state index contributed by atoms with van der Waals surface area (Å²) in [6, 6.07) is 8.14. The van der Waals surface area contributed by atoms with Crippen LogP contribution in [0.2, 0.25) is 0 Å². The minimum absolute atomic E-state index is 0.216. The molecule has 0 amide bonds. The van der Waals surface area contributed by atoms with E-state index in [9.17, 15) is 0 Å². The number of nitrogens with one attached hydrogen (secondary N) is 2. The molecule has 0 saturated heterocycles. The fourth-order valence-electron chi connectivity index (χ4n) is 1.75. The van der Waals surface area contributed by atoms with Crippen LogP contribution in [0, 0.1) is 0 Å². The molecule has 2 N–H and O–H groups in total. The first-order valence-electron chi connectivity index (χ1n) is 6.86. The Labute approximate surface area is 121 Å². The topological polar surface area (TPSA) is 54.9 Å². The normalized spacial score (nSPS) is 12.9. The molecule has 0 aliphatic rings. The summed E-state index contributed by atoms with van der Waals surface area (Å²) in [6.07, 6.45) is 0. The predicted molar refractivity (Wildman–Crippen MR) is 82.3 cm³/mol. The van der Waals surface area contributed by atoms with E-state index in [4.69, 9.17) is 9.47 Å². The fourth-order valence-corrected chi connectivity index (χ4v) is 1.75. The standard InChI is InChI=1S/C15H25N3O2/c1-5-16-15(18-12(2)11-19-3)17-10-13-6-8-14(20-4)9-7-13/h6-9,12H,5,10-11H2,1-4H3,(H2,16,17,18). The number of guanidine groups is 1. The highest BCUT2D eigenvalue weighted by atomic mass is 16.5. The van der Waals surface area contributed by atoms with Gasteiger partial charge >= 0.3 is 0 Å². The number of hydrogen-bond donors (Lipinski definition) is 2. The molecule has 0 aliphatic heterocycles. The zero-order valence-corrected chi connectivity index (χ0v) is 12.8. The molecule has 1 atom stereocenters. The van der Waals surface area contributed by atoms with E-state index in [2.05, 4.69) is 22.5 Å². The van der Waals surface area contributed by atoms with E-state index in [0.29, 0.717) is 13.2 Å². The Bertz CT molecular complexity index is 404. The summed E-state index contributed by atoms with van der Waals surface area (Å²) in [5.41, 5.74) is 1.14. The van der Waals surface area contributed by atoms with Crippen molar-refractivity contribution < 1.29 is 9.47 Å². The third-order valence-electron chi connectivity index (χ3n) is 2.72. The molecule has 5 heteroatoms. The van der Waals surface area contributed by atoms with Crippen molar-refractivity contribution in [3.05, 3.63) is 29.8 Å². The van der Waals surface area contributed by atoms with Crippen molar-refractivity contribution in [3.8, 4) is 5.75 Å². The zero-order valence-electron chi connectivity index (χ0n) is 12.8. The highest BCUT2D eigenvalue weighted by Gasteiger charge is 2.04. The molecular formula is C15H25N3O2. The van der Waals surface area contributed by atoms with Gasteiger partial charge in [0.05, 0.1) is 20.3 Å². The molecule has 0 saturated carbocycles. The van der Waals surface area contributed by atoms with E-state index < -0.39 is 0 Å². The summed E-state index contributed by atoms with van der Waals surface area (Å²) in [5, 5.41) is 6.52. The van der Waals surface area contributed by atoms with Crippen LogP contribution in [0.25, 0.3) is 0 Å². The number of hydrogen-bond acceptors (Lipinski definition) is 3. The molecule has 1 aromatic carbocycles. The quantitative estimate of drug-likeness (QED) is 0.590. The van der Waals surface area contributed by atoms with Gasteiger partial charge in [0, 0.05) is 19.7 Å². The average Bonchev–Trinajstić information content (AvgIpc) is 2.46. The van der Waals surface area contributed by atoms with E-state index in [1.807, 2.05) is 31.2 Å². The van der Waals surface area contributed by atoms with Gasteiger partial charge < -0.3 is 20.1 Å². The molecule has 0 bridgehead atoms. The second kappa shape index (κ2) is 9.20. The van der Waals surface area contributed by atoms with Gasteiger partial charge in [0.25, 0.3) is 0 Å². The predicted octanol–water partition coefficient (Wildman–Crippen LogP) is 1.79. The van der Waals surface area contributed by atoms with Crippen molar-refractivity contribution in [2.75, 3.05) is 27.4 Å². The maximum absolute atomic E-state index is 5.14. The van der Waals surface area contributed by atoms with Gasteiger partial charge in [-0.2, -0.15) is 0 Å². The molecule has 112 valence electrons. The molecule has 1 rings (SSSR count). The van der Waals surface area contributed by atoms with Crippen molar-refractivity contribution in [2.24, 2.45) is 4.99 Å². The molecule has 0 radical (unpaired) electrons.